The Labute approximate surface area is 218 Å². The predicted octanol–water partition coefficient (Wildman–Crippen LogP) is 4.10. The van der Waals surface area contributed by atoms with Crippen molar-refractivity contribution in [1.82, 2.24) is 14.8 Å². The average molecular weight is 518 g/mol. The number of hydrogen-bond acceptors (Lipinski definition) is 6. The van der Waals surface area contributed by atoms with Crippen molar-refractivity contribution in [2.24, 2.45) is 0 Å². The zero-order valence-electron chi connectivity index (χ0n) is 21.4. The molecule has 0 atom stereocenters. The first-order valence-corrected chi connectivity index (χ1v) is 11.9. The van der Waals surface area contributed by atoms with Gasteiger partial charge in [-0.2, -0.15) is 0 Å². The summed E-state index contributed by atoms with van der Waals surface area (Å²) in [6, 6.07) is 12.8. The largest absolute Gasteiger partial charge is 0.494 e. The summed E-state index contributed by atoms with van der Waals surface area (Å²) < 4.78 is 7.23. The van der Waals surface area contributed by atoms with E-state index in [0.717, 1.165) is 28.3 Å². The molecule has 1 fully saturated rings. The zero-order valence-corrected chi connectivity index (χ0v) is 21.4. The number of nitro groups is 1. The maximum atomic E-state index is 13.0. The molecular formula is C27H27N5O6. The molecule has 0 unspecified atom stereocenters. The molecule has 0 bridgehead atoms. The Morgan fingerprint density at radius 3 is 2.58 bits per heavy atom. The van der Waals surface area contributed by atoms with Gasteiger partial charge < -0.3 is 19.9 Å². The number of carbonyl (C=O) groups is 3. The van der Waals surface area contributed by atoms with E-state index in [1.165, 1.54) is 19.2 Å². The number of carbonyl (C=O) groups excluding carboxylic acids is 3. The molecule has 196 valence electrons. The molecule has 11 heteroatoms. The molecule has 2 N–H and O–H groups in total. The summed E-state index contributed by atoms with van der Waals surface area (Å²) in [5, 5.41) is 16.5. The second-order valence-corrected chi connectivity index (χ2v) is 8.71. The van der Waals surface area contributed by atoms with Crippen LogP contribution in [0.15, 0.2) is 54.2 Å². The topological polar surface area (TPSA) is 136 Å². The van der Waals surface area contributed by atoms with Gasteiger partial charge in [0, 0.05) is 23.1 Å². The number of amides is 4. The normalized spacial score (nSPS) is 14.1. The lowest BCUT2D eigenvalue weighted by atomic mass is 10.1. The van der Waals surface area contributed by atoms with E-state index in [1.54, 1.807) is 24.3 Å². The van der Waals surface area contributed by atoms with Crippen molar-refractivity contribution in [3.63, 3.8) is 0 Å². The highest BCUT2D eigenvalue weighted by atomic mass is 16.6. The molecule has 1 aliphatic rings. The van der Waals surface area contributed by atoms with Gasteiger partial charge in [0.15, 0.2) is 0 Å². The number of anilines is 1. The Morgan fingerprint density at radius 1 is 1.16 bits per heavy atom. The molecule has 2 heterocycles. The van der Waals surface area contributed by atoms with Crippen LogP contribution in [0.4, 0.5) is 16.2 Å². The van der Waals surface area contributed by atoms with Crippen LogP contribution in [0.2, 0.25) is 0 Å². The molecule has 1 aliphatic heterocycles. The zero-order chi connectivity index (χ0) is 27.6. The summed E-state index contributed by atoms with van der Waals surface area (Å²) in [5.41, 5.74) is 4.25. The van der Waals surface area contributed by atoms with E-state index < -0.39 is 29.3 Å². The summed E-state index contributed by atoms with van der Waals surface area (Å²) in [6.07, 6.45) is 2.26. The average Bonchev–Trinajstić information content (AvgIpc) is 3.32. The Kier molecular flexibility index (Phi) is 7.28. The third-order valence-electron chi connectivity index (χ3n) is 6.32. The van der Waals surface area contributed by atoms with Crippen LogP contribution >= 0.6 is 0 Å². The van der Waals surface area contributed by atoms with Crippen molar-refractivity contribution < 1.29 is 24.0 Å². The van der Waals surface area contributed by atoms with Gasteiger partial charge in [0.25, 0.3) is 11.6 Å². The minimum absolute atomic E-state index is 0.0349. The summed E-state index contributed by atoms with van der Waals surface area (Å²) in [4.78, 5) is 49.7. The molecule has 4 rings (SSSR count). The first-order chi connectivity index (χ1) is 18.1. The van der Waals surface area contributed by atoms with Crippen LogP contribution in [0, 0.1) is 24.0 Å². The molecule has 0 spiro atoms. The monoisotopic (exact) mass is 517 g/mol. The highest BCUT2D eigenvalue weighted by Gasteiger charge is 2.35. The van der Waals surface area contributed by atoms with Crippen molar-refractivity contribution in [1.29, 1.82) is 0 Å². The SMILES string of the molecule is CCc1ccccc1NC(=O)CN1C(=O)N/C(=C/c2cc(C)n(-c3ccc([N+](=O)[O-])cc3OC)c2C)C1=O. The lowest BCUT2D eigenvalue weighted by Gasteiger charge is -2.14. The fourth-order valence-electron chi connectivity index (χ4n) is 4.42. The van der Waals surface area contributed by atoms with Crippen LogP contribution < -0.4 is 15.4 Å². The number of non-ortho nitro benzene ring substituents is 1. The maximum absolute atomic E-state index is 13.0. The first kappa shape index (κ1) is 26.1. The summed E-state index contributed by atoms with van der Waals surface area (Å²) >= 11 is 0. The first-order valence-electron chi connectivity index (χ1n) is 11.9. The van der Waals surface area contributed by atoms with Gasteiger partial charge in [-0.15, -0.1) is 0 Å². The predicted molar refractivity (Wildman–Crippen MR) is 141 cm³/mol. The molecule has 38 heavy (non-hydrogen) atoms. The van der Waals surface area contributed by atoms with Crippen molar-refractivity contribution in [2.45, 2.75) is 27.2 Å². The number of aryl methyl sites for hydroxylation is 2. The number of methoxy groups -OCH3 is 1. The molecule has 0 radical (unpaired) electrons. The molecule has 0 saturated carbocycles. The van der Waals surface area contributed by atoms with Gasteiger partial charge in [-0.05, 0) is 55.7 Å². The van der Waals surface area contributed by atoms with E-state index in [2.05, 4.69) is 10.6 Å². The second kappa shape index (κ2) is 10.6. The van der Waals surface area contributed by atoms with E-state index in [1.807, 2.05) is 43.5 Å². The number of aromatic nitrogens is 1. The van der Waals surface area contributed by atoms with E-state index in [4.69, 9.17) is 4.74 Å². The van der Waals surface area contributed by atoms with Crippen LogP contribution in [0.25, 0.3) is 11.8 Å². The molecule has 1 aromatic heterocycles. The highest BCUT2D eigenvalue weighted by molar-refractivity contribution is 6.16. The van der Waals surface area contributed by atoms with Crippen LogP contribution in [-0.4, -0.2) is 45.9 Å². The Bertz CT molecular complexity index is 1490. The standard InChI is InChI=1S/C27H27N5O6/c1-5-18-8-6-7-9-21(18)28-25(33)15-30-26(34)22(29-27(30)35)13-19-12-16(2)31(17(19)3)23-11-10-20(32(36)37)14-24(23)38-4/h6-14H,5,15H2,1-4H3,(H,28,33)(H,29,35)/b22-13+. The number of nitro benzene ring substituents is 1. The van der Waals surface area contributed by atoms with E-state index >= 15 is 0 Å². The van der Waals surface area contributed by atoms with Crippen molar-refractivity contribution in [3.8, 4) is 11.4 Å². The van der Waals surface area contributed by atoms with Gasteiger partial charge in [-0.3, -0.25) is 19.7 Å². The van der Waals surface area contributed by atoms with Crippen molar-refractivity contribution in [3.05, 3.63) is 86.9 Å². The number of rotatable bonds is 8. The fourth-order valence-corrected chi connectivity index (χ4v) is 4.42. The number of imide groups is 1. The van der Waals surface area contributed by atoms with Crippen molar-refractivity contribution in [2.75, 3.05) is 19.0 Å². The summed E-state index contributed by atoms with van der Waals surface area (Å²) in [5.74, 6) is -0.793. The van der Waals surface area contributed by atoms with E-state index in [9.17, 15) is 24.5 Å². The van der Waals surface area contributed by atoms with Crippen molar-refractivity contribution >= 4 is 35.3 Å². The molecule has 4 amide bonds. The Balaban J connectivity index is 1.57. The summed E-state index contributed by atoms with van der Waals surface area (Å²) in [7, 11) is 1.43. The molecule has 0 aliphatic carbocycles. The van der Waals surface area contributed by atoms with E-state index in [0.29, 0.717) is 22.7 Å². The van der Waals surface area contributed by atoms with Gasteiger partial charge in [-0.1, -0.05) is 25.1 Å². The minimum atomic E-state index is -0.689. The molecule has 3 aromatic rings. The Hall–Kier alpha value is -4.93. The van der Waals surface area contributed by atoms with E-state index in [-0.39, 0.29) is 11.4 Å². The minimum Gasteiger partial charge on any atom is -0.494 e. The third-order valence-corrected chi connectivity index (χ3v) is 6.32. The molecular weight excluding hydrogens is 490 g/mol. The lowest BCUT2D eigenvalue weighted by molar-refractivity contribution is -0.384. The van der Waals surface area contributed by atoms with Gasteiger partial charge in [0.1, 0.15) is 18.0 Å². The van der Waals surface area contributed by atoms with Gasteiger partial charge in [-0.25, -0.2) is 9.69 Å². The number of hydrogen-bond donors (Lipinski definition) is 2. The number of para-hydroxylation sites is 1. The molecule has 1 saturated heterocycles. The van der Waals surface area contributed by atoms with Crippen LogP contribution in [0.1, 0.15) is 29.4 Å². The van der Waals surface area contributed by atoms with Gasteiger partial charge >= 0.3 is 6.03 Å². The van der Waals surface area contributed by atoms with Crippen LogP contribution in [0.3, 0.4) is 0 Å². The smallest absolute Gasteiger partial charge is 0.329 e. The maximum Gasteiger partial charge on any atom is 0.329 e. The van der Waals surface area contributed by atoms with Crippen LogP contribution in [-0.2, 0) is 16.0 Å². The fraction of sp³-hybridized carbons (Fsp3) is 0.222. The highest BCUT2D eigenvalue weighted by Crippen LogP contribution is 2.32. The number of nitrogens with zero attached hydrogens (tertiary/aromatic N) is 3. The third kappa shape index (κ3) is 4.99. The van der Waals surface area contributed by atoms with Crippen LogP contribution in [0.5, 0.6) is 5.75 Å². The van der Waals surface area contributed by atoms with Gasteiger partial charge in [0.05, 0.1) is 23.8 Å². The Morgan fingerprint density at radius 2 is 1.89 bits per heavy atom. The summed E-state index contributed by atoms with van der Waals surface area (Å²) in [6.45, 7) is 5.20. The quantitative estimate of drug-likeness (QED) is 0.200. The molecule has 2 aromatic carbocycles. The number of nitrogens with one attached hydrogen (secondary N) is 2. The number of benzene rings is 2. The molecule has 11 nitrogen and oxygen atoms in total. The number of urea groups is 1. The second-order valence-electron chi connectivity index (χ2n) is 8.71. The van der Waals surface area contributed by atoms with Gasteiger partial charge in [0.2, 0.25) is 5.91 Å². The number of ether oxygens (including phenoxy) is 1. The lowest BCUT2D eigenvalue weighted by Crippen LogP contribution is -2.38.